The molecule has 1 rings (SSSR count). The maximum absolute atomic E-state index is 12.6. The molecule has 1 aliphatic rings. The lowest BCUT2D eigenvalue weighted by molar-refractivity contribution is -0.136. The van der Waals surface area contributed by atoms with Crippen molar-refractivity contribution in [2.24, 2.45) is 17.1 Å². The van der Waals surface area contributed by atoms with E-state index in [-0.39, 0.29) is 11.3 Å². The molecule has 1 fully saturated rings. The highest BCUT2D eigenvalue weighted by atomic mass is 16.2. The van der Waals surface area contributed by atoms with Crippen molar-refractivity contribution in [3.8, 4) is 0 Å². The zero-order valence-electron chi connectivity index (χ0n) is 12.5. The first-order valence-electron chi connectivity index (χ1n) is 7.10. The van der Waals surface area contributed by atoms with Crippen molar-refractivity contribution < 1.29 is 9.59 Å². The van der Waals surface area contributed by atoms with Crippen molar-refractivity contribution in [1.29, 1.82) is 0 Å². The van der Waals surface area contributed by atoms with Crippen molar-refractivity contribution in [1.82, 2.24) is 10.2 Å². The van der Waals surface area contributed by atoms with Crippen molar-refractivity contribution in [3.63, 3.8) is 0 Å². The lowest BCUT2D eigenvalue weighted by Gasteiger charge is -2.34. The smallest absolute Gasteiger partial charge is 0.312 e. The van der Waals surface area contributed by atoms with Gasteiger partial charge in [0.15, 0.2) is 0 Å². The zero-order valence-corrected chi connectivity index (χ0v) is 12.5. The first kappa shape index (κ1) is 15.8. The van der Waals surface area contributed by atoms with Gasteiger partial charge in [0.2, 0.25) is 5.91 Å². The molecule has 0 saturated heterocycles. The molecule has 0 bridgehead atoms. The maximum Gasteiger partial charge on any atom is 0.312 e. The molecule has 0 heterocycles. The Bertz CT molecular complexity index is 332. The van der Waals surface area contributed by atoms with Crippen LogP contribution < -0.4 is 11.1 Å². The van der Waals surface area contributed by atoms with E-state index >= 15 is 0 Å². The van der Waals surface area contributed by atoms with Gasteiger partial charge < -0.3 is 16.0 Å². The fraction of sp³-hybridized carbons (Fsp3) is 0.857. The van der Waals surface area contributed by atoms with Crippen LogP contribution in [0.3, 0.4) is 0 Å². The van der Waals surface area contributed by atoms with Crippen LogP contribution in [-0.2, 0) is 4.79 Å². The van der Waals surface area contributed by atoms with Gasteiger partial charge in [-0.3, -0.25) is 4.79 Å². The molecule has 5 nitrogen and oxygen atoms in total. The second-order valence-corrected chi connectivity index (χ2v) is 6.54. The first-order chi connectivity index (χ1) is 8.75. The van der Waals surface area contributed by atoms with E-state index < -0.39 is 12.1 Å². The molecule has 1 unspecified atom stereocenters. The predicted molar refractivity (Wildman–Crippen MR) is 75.6 cm³/mol. The second kappa shape index (κ2) is 6.26. The number of amides is 3. The SMILES string of the molecule is CCCN(CC1CC1)C(=O)C(NC(N)=O)C(C)(C)C. The lowest BCUT2D eigenvalue weighted by atomic mass is 9.85. The summed E-state index contributed by atoms with van der Waals surface area (Å²) in [6.45, 7) is 9.41. The summed E-state index contributed by atoms with van der Waals surface area (Å²) in [5.74, 6) is 0.629. The molecule has 1 atom stereocenters. The summed E-state index contributed by atoms with van der Waals surface area (Å²) in [5, 5.41) is 2.60. The summed E-state index contributed by atoms with van der Waals surface area (Å²) in [6.07, 6.45) is 3.33. The summed E-state index contributed by atoms with van der Waals surface area (Å²) in [6, 6.07) is -1.20. The fourth-order valence-electron chi connectivity index (χ4n) is 2.15. The van der Waals surface area contributed by atoms with Gasteiger partial charge in [0.1, 0.15) is 6.04 Å². The molecule has 0 radical (unpaired) electrons. The van der Waals surface area contributed by atoms with Gasteiger partial charge in [-0.05, 0) is 30.6 Å². The Labute approximate surface area is 115 Å². The van der Waals surface area contributed by atoms with Gasteiger partial charge in [0.25, 0.3) is 0 Å². The Hall–Kier alpha value is -1.26. The number of urea groups is 1. The maximum atomic E-state index is 12.6. The number of carbonyl (C=O) groups is 2. The number of hydrogen-bond donors (Lipinski definition) is 2. The third-order valence-corrected chi connectivity index (χ3v) is 3.38. The highest BCUT2D eigenvalue weighted by molar-refractivity contribution is 5.87. The van der Waals surface area contributed by atoms with Gasteiger partial charge in [-0.2, -0.15) is 0 Å². The molecule has 0 aliphatic heterocycles. The number of carbonyl (C=O) groups excluding carboxylic acids is 2. The monoisotopic (exact) mass is 269 g/mol. The molecule has 0 aromatic heterocycles. The molecule has 3 N–H and O–H groups in total. The van der Waals surface area contributed by atoms with Crippen LogP contribution in [0.25, 0.3) is 0 Å². The van der Waals surface area contributed by atoms with Crippen molar-refractivity contribution in [2.75, 3.05) is 13.1 Å². The van der Waals surface area contributed by atoms with Gasteiger partial charge in [-0.15, -0.1) is 0 Å². The molecular weight excluding hydrogens is 242 g/mol. The van der Waals surface area contributed by atoms with Crippen molar-refractivity contribution in [2.45, 2.75) is 53.0 Å². The zero-order chi connectivity index (χ0) is 14.6. The Balaban J connectivity index is 2.78. The van der Waals surface area contributed by atoms with E-state index in [1.54, 1.807) is 0 Å². The molecule has 0 spiro atoms. The Morgan fingerprint density at radius 1 is 1.37 bits per heavy atom. The van der Waals surface area contributed by atoms with Crippen LogP contribution in [0.1, 0.15) is 47.0 Å². The number of nitrogens with zero attached hydrogens (tertiary/aromatic N) is 1. The first-order valence-corrected chi connectivity index (χ1v) is 7.10. The highest BCUT2D eigenvalue weighted by Crippen LogP contribution is 2.31. The van der Waals surface area contributed by atoms with E-state index in [1.807, 2.05) is 25.7 Å². The topological polar surface area (TPSA) is 75.4 Å². The average Bonchev–Trinajstić information content (AvgIpc) is 3.06. The largest absolute Gasteiger partial charge is 0.352 e. The minimum absolute atomic E-state index is 0.0138. The molecule has 5 heteroatoms. The Morgan fingerprint density at radius 3 is 2.32 bits per heavy atom. The van der Waals surface area contributed by atoms with Crippen LogP contribution in [0.5, 0.6) is 0 Å². The van der Waals surface area contributed by atoms with E-state index in [9.17, 15) is 9.59 Å². The van der Waals surface area contributed by atoms with E-state index in [2.05, 4.69) is 12.2 Å². The minimum Gasteiger partial charge on any atom is -0.352 e. The van der Waals surface area contributed by atoms with Crippen molar-refractivity contribution >= 4 is 11.9 Å². The van der Waals surface area contributed by atoms with E-state index in [0.717, 1.165) is 19.5 Å². The van der Waals surface area contributed by atoms with Gasteiger partial charge >= 0.3 is 6.03 Å². The van der Waals surface area contributed by atoms with E-state index in [1.165, 1.54) is 12.8 Å². The quantitative estimate of drug-likeness (QED) is 0.770. The lowest BCUT2D eigenvalue weighted by Crippen LogP contribution is -2.56. The molecule has 1 saturated carbocycles. The van der Waals surface area contributed by atoms with Gasteiger partial charge in [-0.1, -0.05) is 27.7 Å². The molecule has 1 aliphatic carbocycles. The van der Waals surface area contributed by atoms with Crippen LogP contribution in [0.2, 0.25) is 0 Å². The summed E-state index contributed by atoms with van der Waals surface area (Å²) in [4.78, 5) is 25.6. The van der Waals surface area contributed by atoms with Crippen LogP contribution in [0.15, 0.2) is 0 Å². The number of primary amides is 1. The highest BCUT2D eigenvalue weighted by Gasteiger charge is 2.36. The molecular formula is C14H27N3O2. The summed E-state index contributed by atoms with van der Waals surface area (Å²) in [5.41, 5.74) is 4.85. The summed E-state index contributed by atoms with van der Waals surface area (Å²) < 4.78 is 0. The van der Waals surface area contributed by atoms with Crippen LogP contribution in [0.4, 0.5) is 4.79 Å². The molecule has 0 aromatic carbocycles. The normalized spacial score (nSPS) is 16.8. The molecule has 110 valence electrons. The molecule has 3 amide bonds. The van der Waals surface area contributed by atoms with Crippen LogP contribution in [-0.4, -0.2) is 36.0 Å². The number of hydrogen-bond acceptors (Lipinski definition) is 2. The fourth-order valence-corrected chi connectivity index (χ4v) is 2.15. The summed E-state index contributed by atoms with van der Waals surface area (Å²) >= 11 is 0. The standard InChI is InChI=1S/C14H27N3O2/c1-5-8-17(9-10-6-7-10)12(18)11(14(2,3)4)16-13(15)19/h10-11H,5-9H2,1-4H3,(H3,15,16,19). The third kappa shape index (κ3) is 5.09. The second-order valence-electron chi connectivity index (χ2n) is 6.54. The predicted octanol–water partition coefficient (Wildman–Crippen LogP) is 1.72. The van der Waals surface area contributed by atoms with Crippen LogP contribution in [0, 0.1) is 11.3 Å². The van der Waals surface area contributed by atoms with E-state index in [0.29, 0.717) is 5.92 Å². The summed E-state index contributed by atoms with van der Waals surface area (Å²) in [7, 11) is 0. The minimum atomic E-state index is -0.642. The third-order valence-electron chi connectivity index (χ3n) is 3.38. The number of rotatable bonds is 6. The molecule has 0 aromatic rings. The van der Waals surface area contributed by atoms with Gasteiger partial charge in [0, 0.05) is 13.1 Å². The van der Waals surface area contributed by atoms with Crippen molar-refractivity contribution in [3.05, 3.63) is 0 Å². The average molecular weight is 269 g/mol. The van der Waals surface area contributed by atoms with E-state index in [4.69, 9.17) is 5.73 Å². The Kier molecular flexibility index (Phi) is 5.20. The van der Waals surface area contributed by atoms with Gasteiger partial charge in [-0.25, -0.2) is 4.79 Å². The number of nitrogens with one attached hydrogen (secondary N) is 1. The Morgan fingerprint density at radius 2 is 1.95 bits per heavy atom. The van der Waals surface area contributed by atoms with Crippen LogP contribution >= 0.6 is 0 Å². The number of nitrogens with two attached hydrogens (primary N) is 1. The molecule has 19 heavy (non-hydrogen) atoms. The van der Waals surface area contributed by atoms with Gasteiger partial charge in [0.05, 0.1) is 0 Å².